The third kappa shape index (κ3) is 5.60. The quantitative estimate of drug-likeness (QED) is 0.657. The van der Waals surface area contributed by atoms with Crippen molar-refractivity contribution >= 4 is 17.7 Å². The van der Waals surface area contributed by atoms with Crippen molar-refractivity contribution in [2.24, 2.45) is 0 Å². The SMILES string of the molecule is O=C(O)c1ccc(SCCOC(F)(F)F)cc1. The fraction of sp³-hybridized carbons (Fsp3) is 0.300. The van der Waals surface area contributed by atoms with Crippen LogP contribution >= 0.6 is 11.8 Å². The number of ether oxygens (including phenoxy) is 1. The summed E-state index contributed by atoms with van der Waals surface area (Å²) in [6.45, 7) is -0.436. The van der Waals surface area contributed by atoms with Crippen LogP contribution in [0.15, 0.2) is 29.2 Å². The molecule has 0 aromatic heterocycles. The fourth-order valence-electron chi connectivity index (χ4n) is 1.01. The van der Waals surface area contributed by atoms with E-state index in [4.69, 9.17) is 5.11 Å². The minimum atomic E-state index is -4.60. The van der Waals surface area contributed by atoms with Crippen LogP contribution in [0.25, 0.3) is 0 Å². The van der Waals surface area contributed by atoms with Gasteiger partial charge in [0.25, 0.3) is 0 Å². The lowest BCUT2D eigenvalue weighted by atomic mass is 10.2. The molecule has 0 aliphatic rings. The Hall–Kier alpha value is -1.21. The van der Waals surface area contributed by atoms with Gasteiger partial charge in [-0.15, -0.1) is 24.9 Å². The van der Waals surface area contributed by atoms with Crippen LogP contribution in [-0.4, -0.2) is 29.8 Å². The molecule has 7 heteroatoms. The number of benzene rings is 1. The molecule has 17 heavy (non-hydrogen) atoms. The molecule has 0 heterocycles. The van der Waals surface area contributed by atoms with E-state index in [1.807, 2.05) is 0 Å². The van der Waals surface area contributed by atoms with E-state index in [2.05, 4.69) is 4.74 Å². The molecule has 0 aliphatic carbocycles. The zero-order chi connectivity index (χ0) is 12.9. The average Bonchev–Trinajstić information content (AvgIpc) is 2.24. The molecule has 0 fully saturated rings. The number of rotatable bonds is 5. The highest BCUT2D eigenvalue weighted by molar-refractivity contribution is 7.99. The number of carboxylic acid groups (broad SMARTS) is 1. The monoisotopic (exact) mass is 266 g/mol. The first-order chi connectivity index (χ1) is 7.88. The number of carbonyl (C=O) groups is 1. The summed E-state index contributed by atoms with van der Waals surface area (Å²) in [5.41, 5.74) is 0.140. The molecule has 0 amide bonds. The molecular formula is C10H9F3O3S. The van der Waals surface area contributed by atoms with Crippen molar-refractivity contribution in [3.05, 3.63) is 29.8 Å². The Morgan fingerprint density at radius 1 is 1.29 bits per heavy atom. The molecule has 1 N–H and O–H groups in total. The molecule has 0 atom stereocenters. The summed E-state index contributed by atoms with van der Waals surface area (Å²) >= 11 is 1.16. The first-order valence-electron chi connectivity index (χ1n) is 4.55. The molecule has 3 nitrogen and oxygen atoms in total. The predicted octanol–water partition coefficient (Wildman–Crippen LogP) is 3.01. The molecule has 0 bridgehead atoms. The molecule has 1 aromatic rings. The van der Waals surface area contributed by atoms with Crippen molar-refractivity contribution in [2.45, 2.75) is 11.3 Å². The van der Waals surface area contributed by atoms with E-state index in [1.165, 1.54) is 12.1 Å². The average molecular weight is 266 g/mol. The molecule has 0 aliphatic heterocycles. The van der Waals surface area contributed by atoms with E-state index >= 15 is 0 Å². The summed E-state index contributed by atoms with van der Waals surface area (Å²) in [5.74, 6) is -0.895. The maximum absolute atomic E-state index is 11.6. The first kappa shape index (κ1) is 13.9. The minimum absolute atomic E-state index is 0.140. The third-order valence-electron chi connectivity index (χ3n) is 1.72. The molecule has 0 saturated heterocycles. The highest BCUT2D eigenvalue weighted by Gasteiger charge is 2.28. The summed E-state index contributed by atoms with van der Waals surface area (Å²) < 4.78 is 38.5. The highest BCUT2D eigenvalue weighted by atomic mass is 32.2. The lowest BCUT2D eigenvalue weighted by molar-refractivity contribution is -0.322. The largest absolute Gasteiger partial charge is 0.522 e. The van der Waals surface area contributed by atoms with E-state index in [9.17, 15) is 18.0 Å². The Labute approximate surface area is 99.6 Å². The number of hydrogen-bond acceptors (Lipinski definition) is 3. The number of carboxylic acids is 1. The van der Waals surface area contributed by atoms with Gasteiger partial charge in [0.1, 0.15) is 0 Å². The zero-order valence-electron chi connectivity index (χ0n) is 8.53. The number of hydrogen-bond donors (Lipinski definition) is 1. The molecule has 1 aromatic carbocycles. The normalized spacial score (nSPS) is 11.5. The molecule has 0 unspecified atom stereocenters. The van der Waals surface area contributed by atoms with Crippen LogP contribution in [-0.2, 0) is 4.74 Å². The Morgan fingerprint density at radius 3 is 2.35 bits per heavy atom. The second-order valence-electron chi connectivity index (χ2n) is 2.97. The Balaban J connectivity index is 2.35. The van der Waals surface area contributed by atoms with Crippen LogP contribution in [0.4, 0.5) is 13.2 Å². The van der Waals surface area contributed by atoms with Gasteiger partial charge in [0, 0.05) is 10.6 Å². The van der Waals surface area contributed by atoms with Crippen molar-refractivity contribution in [1.82, 2.24) is 0 Å². The number of aromatic carboxylic acids is 1. The smallest absolute Gasteiger partial charge is 0.478 e. The summed E-state index contributed by atoms with van der Waals surface area (Å²) in [6, 6.07) is 5.88. The van der Waals surface area contributed by atoms with E-state index in [-0.39, 0.29) is 11.3 Å². The molecule has 1 rings (SSSR count). The van der Waals surface area contributed by atoms with E-state index in [0.717, 1.165) is 11.8 Å². The van der Waals surface area contributed by atoms with E-state index in [0.29, 0.717) is 4.90 Å². The van der Waals surface area contributed by atoms with Crippen molar-refractivity contribution in [3.8, 4) is 0 Å². The molecular weight excluding hydrogens is 257 g/mol. The van der Waals surface area contributed by atoms with Crippen LogP contribution < -0.4 is 0 Å². The Bertz CT molecular complexity index is 375. The van der Waals surface area contributed by atoms with Gasteiger partial charge in [-0.25, -0.2) is 4.79 Å². The Morgan fingerprint density at radius 2 is 1.88 bits per heavy atom. The summed E-state index contributed by atoms with van der Waals surface area (Å²) in [7, 11) is 0. The minimum Gasteiger partial charge on any atom is -0.478 e. The number of thioether (sulfide) groups is 1. The summed E-state index contributed by atoms with van der Waals surface area (Å²) in [4.78, 5) is 11.2. The molecule has 0 saturated carbocycles. The summed E-state index contributed by atoms with van der Waals surface area (Å²) in [6.07, 6.45) is -4.60. The van der Waals surface area contributed by atoms with Gasteiger partial charge < -0.3 is 5.11 Å². The maximum Gasteiger partial charge on any atom is 0.522 e. The van der Waals surface area contributed by atoms with Gasteiger partial charge in [-0.1, -0.05) is 0 Å². The Kier molecular flexibility index (Phi) is 4.83. The first-order valence-corrected chi connectivity index (χ1v) is 5.54. The van der Waals surface area contributed by atoms with Crippen LogP contribution in [0.2, 0.25) is 0 Å². The zero-order valence-corrected chi connectivity index (χ0v) is 9.35. The second kappa shape index (κ2) is 5.92. The van der Waals surface area contributed by atoms with Crippen LogP contribution in [0.1, 0.15) is 10.4 Å². The third-order valence-corrected chi connectivity index (χ3v) is 2.70. The predicted molar refractivity (Wildman–Crippen MR) is 56.1 cm³/mol. The van der Waals surface area contributed by atoms with Gasteiger partial charge in [-0.05, 0) is 24.3 Å². The van der Waals surface area contributed by atoms with Crippen molar-refractivity contribution < 1.29 is 27.8 Å². The number of alkyl halides is 3. The van der Waals surface area contributed by atoms with Gasteiger partial charge in [0.15, 0.2) is 0 Å². The van der Waals surface area contributed by atoms with E-state index in [1.54, 1.807) is 12.1 Å². The van der Waals surface area contributed by atoms with Gasteiger partial charge in [0.2, 0.25) is 0 Å². The van der Waals surface area contributed by atoms with Gasteiger partial charge in [-0.3, -0.25) is 4.74 Å². The molecule has 0 spiro atoms. The lowest BCUT2D eigenvalue weighted by Gasteiger charge is -2.06. The summed E-state index contributed by atoms with van der Waals surface area (Å²) in [5, 5.41) is 8.63. The molecule has 0 radical (unpaired) electrons. The van der Waals surface area contributed by atoms with Crippen LogP contribution in [0.3, 0.4) is 0 Å². The van der Waals surface area contributed by atoms with Gasteiger partial charge in [0.05, 0.1) is 12.2 Å². The van der Waals surface area contributed by atoms with Crippen LogP contribution in [0.5, 0.6) is 0 Å². The fourth-order valence-corrected chi connectivity index (χ4v) is 1.74. The van der Waals surface area contributed by atoms with Crippen molar-refractivity contribution in [1.29, 1.82) is 0 Å². The van der Waals surface area contributed by atoms with Gasteiger partial charge in [-0.2, -0.15) is 0 Å². The second-order valence-corrected chi connectivity index (χ2v) is 4.14. The van der Waals surface area contributed by atoms with Gasteiger partial charge >= 0.3 is 12.3 Å². The highest BCUT2D eigenvalue weighted by Crippen LogP contribution is 2.21. The lowest BCUT2D eigenvalue weighted by Crippen LogP contribution is -2.15. The van der Waals surface area contributed by atoms with Crippen molar-refractivity contribution in [3.63, 3.8) is 0 Å². The number of halogens is 3. The molecule has 94 valence electrons. The standard InChI is InChI=1S/C10H9F3O3S/c11-10(12,13)16-5-6-17-8-3-1-7(2-4-8)9(14)15/h1-4H,5-6H2,(H,14,15). The van der Waals surface area contributed by atoms with Crippen molar-refractivity contribution in [2.75, 3.05) is 12.4 Å². The van der Waals surface area contributed by atoms with E-state index < -0.39 is 18.9 Å². The topological polar surface area (TPSA) is 46.5 Å². The maximum atomic E-state index is 11.6. The van der Waals surface area contributed by atoms with Crippen LogP contribution in [0, 0.1) is 0 Å².